The molecule has 0 bridgehead atoms. The molecule has 4 rings (SSSR count). The summed E-state index contributed by atoms with van der Waals surface area (Å²) in [6.07, 6.45) is 0. The van der Waals surface area contributed by atoms with Crippen LogP contribution in [0.3, 0.4) is 0 Å². The molecule has 140 valence electrons. The van der Waals surface area contributed by atoms with Gasteiger partial charge in [0, 0.05) is 23.7 Å². The van der Waals surface area contributed by atoms with Crippen molar-refractivity contribution in [2.75, 3.05) is 10.6 Å². The van der Waals surface area contributed by atoms with Gasteiger partial charge in [-0.25, -0.2) is 9.97 Å². The van der Waals surface area contributed by atoms with E-state index < -0.39 is 0 Å². The highest BCUT2D eigenvalue weighted by atomic mass is 16.5. The molecular weight excluding hydrogens is 350 g/mol. The molecular formula is C22H21N5O. The lowest BCUT2D eigenvalue weighted by Crippen LogP contribution is -2.09. The van der Waals surface area contributed by atoms with Crippen LogP contribution in [0.15, 0.2) is 77.3 Å². The van der Waals surface area contributed by atoms with Gasteiger partial charge < -0.3 is 15.2 Å². The number of hydrogen-bond acceptors (Lipinski definition) is 6. The third-order valence-corrected chi connectivity index (χ3v) is 4.31. The lowest BCUT2D eigenvalue weighted by Gasteiger charge is -2.16. The molecule has 0 spiro atoms. The fourth-order valence-electron chi connectivity index (χ4n) is 2.90. The molecule has 0 amide bonds. The largest absolute Gasteiger partial charge is 0.363 e. The first kappa shape index (κ1) is 17.7. The molecule has 28 heavy (non-hydrogen) atoms. The van der Waals surface area contributed by atoms with Gasteiger partial charge in [0.05, 0.1) is 0 Å². The van der Waals surface area contributed by atoms with E-state index in [4.69, 9.17) is 9.51 Å². The van der Waals surface area contributed by atoms with Gasteiger partial charge in [0.25, 0.3) is 0 Å². The highest BCUT2D eigenvalue weighted by Crippen LogP contribution is 2.25. The van der Waals surface area contributed by atoms with E-state index in [0.29, 0.717) is 17.5 Å². The molecule has 0 fully saturated rings. The zero-order chi connectivity index (χ0) is 19.3. The molecule has 2 aromatic heterocycles. The number of rotatable bonds is 6. The van der Waals surface area contributed by atoms with Crippen molar-refractivity contribution in [3.05, 3.63) is 84.1 Å². The Labute approximate surface area is 163 Å². The Hall–Kier alpha value is -3.67. The molecule has 0 aliphatic heterocycles. The number of nitrogens with one attached hydrogen (secondary N) is 2. The molecule has 4 aromatic rings. The molecule has 6 heteroatoms. The van der Waals surface area contributed by atoms with Crippen LogP contribution >= 0.6 is 0 Å². The zero-order valence-electron chi connectivity index (χ0n) is 15.8. The number of aromatic nitrogens is 3. The molecule has 1 atom stereocenters. The maximum absolute atomic E-state index is 5.13. The molecule has 2 aromatic carbocycles. The molecule has 0 radical (unpaired) electrons. The Balaban J connectivity index is 1.67. The minimum Gasteiger partial charge on any atom is -0.363 e. The minimum atomic E-state index is 0.0990. The van der Waals surface area contributed by atoms with Crippen molar-refractivity contribution in [1.82, 2.24) is 15.1 Å². The average Bonchev–Trinajstić information content (AvgIpc) is 3.13. The van der Waals surface area contributed by atoms with Crippen LogP contribution in [0.25, 0.3) is 11.4 Å². The fraction of sp³-hybridized carbons (Fsp3) is 0.136. The van der Waals surface area contributed by atoms with Gasteiger partial charge >= 0.3 is 0 Å². The van der Waals surface area contributed by atoms with Gasteiger partial charge in [-0.05, 0) is 19.4 Å². The summed E-state index contributed by atoms with van der Waals surface area (Å²) in [6.45, 7) is 3.95. The van der Waals surface area contributed by atoms with E-state index in [1.807, 2.05) is 67.6 Å². The van der Waals surface area contributed by atoms with Crippen molar-refractivity contribution in [3.63, 3.8) is 0 Å². The molecule has 0 saturated heterocycles. The van der Waals surface area contributed by atoms with Crippen LogP contribution in [-0.4, -0.2) is 15.1 Å². The smallest absolute Gasteiger partial charge is 0.175 e. The van der Waals surface area contributed by atoms with Crippen molar-refractivity contribution >= 4 is 17.5 Å². The maximum Gasteiger partial charge on any atom is 0.175 e. The molecule has 0 saturated carbocycles. The van der Waals surface area contributed by atoms with Crippen molar-refractivity contribution < 1.29 is 4.52 Å². The lowest BCUT2D eigenvalue weighted by molar-refractivity contribution is 0.400. The Morgan fingerprint density at radius 1 is 0.821 bits per heavy atom. The highest BCUT2D eigenvalue weighted by molar-refractivity contribution is 5.64. The summed E-state index contributed by atoms with van der Waals surface area (Å²) in [7, 11) is 0. The summed E-state index contributed by atoms with van der Waals surface area (Å²) < 4.78 is 5.13. The van der Waals surface area contributed by atoms with Gasteiger partial charge in [-0.3, -0.25) is 0 Å². The first-order chi connectivity index (χ1) is 13.7. The van der Waals surface area contributed by atoms with Crippen LogP contribution in [0.1, 0.15) is 24.3 Å². The first-order valence-corrected chi connectivity index (χ1v) is 9.14. The summed E-state index contributed by atoms with van der Waals surface area (Å²) in [5.74, 6) is 3.35. The standard InChI is InChI=1S/C22H21N5O/c1-15-13-21(27-28-15)24-20-14-19(23-16(2)17-9-5-3-6-10-17)25-22(26-20)18-11-7-4-8-12-18/h3-14,16H,1-2H3,(H2,23,24,25,26,27). The van der Waals surface area contributed by atoms with E-state index >= 15 is 0 Å². The van der Waals surface area contributed by atoms with Crippen LogP contribution < -0.4 is 10.6 Å². The number of anilines is 3. The van der Waals surface area contributed by atoms with Crippen LogP contribution in [0, 0.1) is 6.92 Å². The average molecular weight is 371 g/mol. The second kappa shape index (κ2) is 7.92. The van der Waals surface area contributed by atoms with Crippen molar-refractivity contribution in [2.45, 2.75) is 19.9 Å². The van der Waals surface area contributed by atoms with Crippen LogP contribution in [0.5, 0.6) is 0 Å². The molecule has 6 nitrogen and oxygen atoms in total. The third-order valence-electron chi connectivity index (χ3n) is 4.31. The molecule has 0 aliphatic rings. The quantitative estimate of drug-likeness (QED) is 0.475. The third kappa shape index (κ3) is 4.17. The first-order valence-electron chi connectivity index (χ1n) is 9.14. The lowest BCUT2D eigenvalue weighted by atomic mass is 10.1. The van der Waals surface area contributed by atoms with E-state index in [0.717, 1.165) is 17.1 Å². The monoisotopic (exact) mass is 371 g/mol. The normalized spacial score (nSPS) is 11.8. The number of hydrogen-bond donors (Lipinski definition) is 2. The Morgan fingerprint density at radius 2 is 1.50 bits per heavy atom. The van der Waals surface area contributed by atoms with Gasteiger partial charge in [-0.15, -0.1) is 0 Å². The zero-order valence-corrected chi connectivity index (χ0v) is 15.8. The van der Waals surface area contributed by atoms with E-state index in [1.165, 1.54) is 5.56 Å². The Morgan fingerprint density at radius 3 is 2.18 bits per heavy atom. The minimum absolute atomic E-state index is 0.0990. The van der Waals surface area contributed by atoms with E-state index in [2.05, 4.69) is 39.8 Å². The molecule has 2 N–H and O–H groups in total. The summed E-state index contributed by atoms with van der Waals surface area (Å²) >= 11 is 0. The topological polar surface area (TPSA) is 75.9 Å². The van der Waals surface area contributed by atoms with E-state index in [9.17, 15) is 0 Å². The van der Waals surface area contributed by atoms with Crippen molar-refractivity contribution in [3.8, 4) is 11.4 Å². The predicted octanol–water partition coefficient (Wildman–Crippen LogP) is 5.36. The van der Waals surface area contributed by atoms with Crippen molar-refractivity contribution in [2.24, 2.45) is 0 Å². The Bertz CT molecular complexity index is 1050. The highest BCUT2D eigenvalue weighted by Gasteiger charge is 2.11. The summed E-state index contributed by atoms with van der Waals surface area (Å²) in [5, 5.41) is 10.6. The van der Waals surface area contributed by atoms with Crippen LogP contribution in [0.2, 0.25) is 0 Å². The fourth-order valence-corrected chi connectivity index (χ4v) is 2.90. The summed E-state index contributed by atoms with van der Waals surface area (Å²) in [5.41, 5.74) is 2.13. The maximum atomic E-state index is 5.13. The SMILES string of the molecule is Cc1cc(Nc2cc(NC(C)c3ccccc3)nc(-c3ccccc3)n2)no1. The Kier molecular flexibility index (Phi) is 5.01. The summed E-state index contributed by atoms with van der Waals surface area (Å²) in [6, 6.07) is 23.9. The summed E-state index contributed by atoms with van der Waals surface area (Å²) in [4.78, 5) is 9.35. The number of nitrogens with zero attached hydrogens (tertiary/aromatic N) is 3. The van der Waals surface area contributed by atoms with E-state index in [-0.39, 0.29) is 6.04 Å². The van der Waals surface area contributed by atoms with Gasteiger partial charge in [0.1, 0.15) is 17.4 Å². The van der Waals surface area contributed by atoms with Gasteiger partial charge in [-0.1, -0.05) is 65.8 Å². The van der Waals surface area contributed by atoms with E-state index in [1.54, 1.807) is 0 Å². The second-order valence-electron chi connectivity index (χ2n) is 6.55. The molecule has 2 heterocycles. The predicted molar refractivity (Wildman–Crippen MR) is 110 cm³/mol. The van der Waals surface area contributed by atoms with Crippen LogP contribution in [0.4, 0.5) is 17.5 Å². The number of aryl methyl sites for hydroxylation is 1. The second-order valence-corrected chi connectivity index (χ2v) is 6.55. The molecule has 1 unspecified atom stereocenters. The van der Waals surface area contributed by atoms with Crippen molar-refractivity contribution in [1.29, 1.82) is 0 Å². The molecule has 0 aliphatic carbocycles. The van der Waals surface area contributed by atoms with Crippen LogP contribution in [-0.2, 0) is 0 Å². The number of benzene rings is 2. The van der Waals surface area contributed by atoms with Gasteiger partial charge in [-0.2, -0.15) is 0 Å². The van der Waals surface area contributed by atoms with Gasteiger partial charge in [0.15, 0.2) is 11.6 Å². The van der Waals surface area contributed by atoms with Gasteiger partial charge in [0.2, 0.25) is 0 Å².